The van der Waals surface area contributed by atoms with Crippen molar-refractivity contribution in [2.75, 3.05) is 13.7 Å². The van der Waals surface area contributed by atoms with Gasteiger partial charge in [0.25, 0.3) is 0 Å². The van der Waals surface area contributed by atoms with Crippen LogP contribution in [0.4, 0.5) is 10.5 Å². The number of hydrogen-bond acceptors (Lipinski definition) is 20. The number of nitrogens with zero attached hydrogens (tertiary/aromatic N) is 1. The molecule has 11 atom stereocenters. The molecule has 63 heavy (non-hydrogen) atoms. The Kier molecular flexibility index (Phi) is 12.5. The van der Waals surface area contributed by atoms with Crippen LogP contribution in [0.25, 0.3) is 0 Å². The Morgan fingerprint density at radius 3 is 2.33 bits per heavy atom. The van der Waals surface area contributed by atoms with E-state index in [1.165, 1.54) is 38.3 Å². The van der Waals surface area contributed by atoms with E-state index in [0.717, 1.165) is 19.1 Å². The number of aliphatic hydroxyl groups excluding tert-OH is 5. The smallest absolute Gasteiger partial charge is 0.407 e. The van der Waals surface area contributed by atoms with Crippen LogP contribution in [0.5, 0.6) is 23.0 Å². The van der Waals surface area contributed by atoms with Gasteiger partial charge in [0.15, 0.2) is 23.6 Å². The van der Waals surface area contributed by atoms with E-state index < -0.39 is 155 Å². The highest BCUT2D eigenvalue weighted by Gasteiger charge is 2.50. The first kappa shape index (κ1) is 45.2. The largest absolute Gasteiger partial charge is 0.507 e. The van der Waals surface area contributed by atoms with Gasteiger partial charge in [-0.15, -0.1) is 0 Å². The van der Waals surface area contributed by atoms with Crippen LogP contribution in [-0.4, -0.2) is 144 Å². The summed E-state index contributed by atoms with van der Waals surface area (Å²) < 4.78 is 33.4. The second-order valence-corrected chi connectivity index (χ2v) is 15.7. The molecule has 11 unspecified atom stereocenters. The lowest BCUT2D eigenvalue weighted by Gasteiger charge is -2.42. The average molecular weight is 885 g/mol. The molecular formula is C41H44N2O20. The lowest BCUT2D eigenvalue weighted by Crippen LogP contribution is -2.60. The summed E-state index contributed by atoms with van der Waals surface area (Å²) in [6.07, 6.45) is -16.1. The van der Waals surface area contributed by atoms with Crippen molar-refractivity contribution in [3.8, 4) is 23.0 Å². The molecule has 2 saturated heterocycles. The van der Waals surface area contributed by atoms with E-state index in [9.17, 15) is 70.1 Å². The number of nitro groups is 1. The highest BCUT2D eigenvalue weighted by molar-refractivity contribution is 6.31. The molecule has 0 saturated carbocycles. The maximum atomic E-state index is 14.0. The Morgan fingerprint density at radius 2 is 1.67 bits per heavy atom. The second-order valence-electron chi connectivity index (χ2n) is 15.7. The van der Waals surface area contributed by atoms with E-state index in [1.807, 2.05) is 0 Å². The zero-order chi connectivity index (χ0) is 45.8. The minimum absolute atomic E-state index is 0.0334. The summed E-state index contributed by atoms with van der Waals surface area (Å²) in [5.41, 5.74) is -4.56. The third-order valence-electron chi connectivity index (χ3n) is 11.7. The lowest BCUT2D eigenvalue weighted by atomic mass is 9.72. The van der Waals surface area contributed by atoms with Crippen LogP contribution in [0, 0.1) is 10.1 Å². The molecule has 3 aromatic carbocycles. The monoisotopic (exact) mass is 884 g/mol. The number of methoxy groups -OCH3 is 1. The average Bonchev–Trinajstić information content (AvgIpc) is 3.24. The number of phenolic OH excluding ortho intramolecular Hbond substituents is 2. The minimum Gasteiger partial charge on any atom is -0.507 e. The Labute approximate surface area is 356 Å². The molecule has 9 N–H and O–H groups in total. The lowest BCUT2D eigenvalue weighted by molar-refractivity contribution is -0.387. The number of phenols is 2. The van der Waals surface area contributed by atoms with Crippen LogP contribution in [0.3, 0.4) is 0 Å². The minimum atomic E-state index is -2.20. The van der Waals surface area contributed by atoms with Crippen molar-refractivity contribution in [2.45, 2.75) is 107 Å². The number of amides is 1. The van der Waals surface area contributed by atoms with Gasteiger partial charge in [-0.3, -0.25) is 24.5 Å². The van der Waals surface area contributed by atoms with Gasteiger partial charge in [-0.1, -0.05) is 18.2 Å². The predicted octanol–water partition coefficient (Wildman–Crippen LogP) is 0.0835. The summed E-state index contributed by atoms with van der Waals surface area (Å²) in [6.45, 7) is 1.23. The molecule has 3 aromatic rings. The summed E-state index contributed by atoms with van der Waals surface area (Å²) in [5, 5.41) is 100. The fourth-order valence-corrected chi connectivity index (χ4v) is 8.29. The summed E-state index contributed by atoms with van der Waals surface area (Å²) >= 11 is 0. The first-order valence-electron chi connectivity index (χ1n) is 19.6. The van der Waals surface area contributed by atoms with Crippen LogP contribution < -0.4 is 14.8 Å². The van der Waals surface area contributed by atoms with Crippen molar-refractivity contribution in [2.24, 2.45) is 0 Å². The third-order valence-corrected chi connectivity index (χ3v) is 11.7. The first-order chi connectivity index (χ1) is 29.8. The SMILES string of the molecule is COc1cccc2c1C(=O)c1c(O)c3c(c(O)c1C2=O)CC(O)(C(C)=O)CC3OC1CC(NC(=O)OCc2ccc(OC3OC(CO)C(O)C(O)C3O)c([N+](=O)[O-])c2)C(O)C(C)O1. The number of rotatable bonds is 11. The second kappa shape index (κ2) is 17.4. The van der Waals surface area contributed by atoms with Crippen molar-refractivity contribution in [3.63, 3.8) is 0 Å². The maximum Gasteiger partial charge on any atom is 0.407 e. The number of nitro benzene ring substituents is 1. The fraction of sp³-hybridized carbons (Fsp3) is 0.463. The number of hydrogen-bond donors (Lipinski definition) is 9. The number of Topliss-reactive ketones (excluding diaryl/α,β-unsaturated/α-hetero) is 1. The summed E-state index contributed by atoms with van der Waals surface area (Å²) in [5.74, 6) is -4.31. The van der Waals surface area contributed by atoms with E-state index in [4.69, 9.17) is 28.4 Å². The van der Waals surface area contributed by atoms with E-state index in [2.05, 4.69) is 5.32 Å². The van der Waals surface area contributed by atoms with Gasteiger partial charge >= 0.3 is 11.8 Å². The highest BCUT2D eigenvalue weighted by Crippen LogP contribution is 2.52. The molecule has 2 fully saturated rings. The number of ether oxygens (including phenoxy) is 6. The van der Waals surface area contributed by atoms with Crippen LogP contribution in [0.2, 0.25) is 0 Å². The van der Waals surface area contributed by atoms with Crippen molar-refractivity contribution in [1.29, 1.82) is 0 Å². The molecule has 0 bridgehead atoms. The quantitative estimate of drug-likeness (QED) is 0.0547. The summed E-state index contributed by atoms with van der Waals surface area (Å²) in [7, 11) is 1.28. The number of nitrogens with one attached hydrogen (secondary N) is 1. The van der Waals surface area contributed by atoms with Crippen molar-refractivity contribution < 1.29 is 93.4 Å². The van der Waals surface area contributed by atoms with Crippen LogP contribution in [-0.2, 0) is 36.8 Å². The molecule has 1 amide bonds. The van der Waals surface area contributed by atoms with Gasteiger partial charge in [0.1, 0.15) is 60.0 Å². The number of aliphatic hydroxyl groups is 6. The van der Waals surface area contributed by atoms with Crippen LogP contribution in [0.15, 0.2) is 36.4 Å². The van der Waals surface area contributed by atoms with Crippen molar-refractivity contribution >= 4 is 29.1 Å². The molecule has 7 rings (SSSR count). The Morgan fingerprint density at radius 1 is 0.952 bits per heavy atom. The molecule has 0 spiro atoms. The van der Waals surface area contributed by atoms with Gasteiger partial charge < -0.3 is 74.6 Å². The molecular weight excluding hydrogens is 840 g/mol. The zero-order valence-electron chi connectivity index (χ0n) is 33.7. The topological polar surface area (TPSA) is 341 Å². The van der Waals surface area contributed by atoms with Gasteiger partial charge in [-0.05, 0) is 31.5 Å². The number of carbonyl (C=O) groups is 4. The molecule has 338 valence electrons. The molecule has 0 aromatic heterocycles. The molecule has 4 aliphatic rings. The third kappa shape index (κ3) is 8.16. The summed E-state index contributed by atoms with van der Waals surface area (Å²) in [6, 6.07) is 6.49. The molecule has 22 nitrogen and oxygen atoms in total. The number of benzene rings is 3. The molecule has 2 aliphatic heterocycles. The van der Waals surface area contributed by atoms with Gasteiger partial charge in [0, 0.05) is 42.0 Å². The van der Waals surface area contributed by atoms with Crippen LogP contribution in [0.1, 0.15) is 81.3 Å². The standard InChI is InChI=1S/C41H44N2O20/c1-15-31(46)20(42-40(54)59-14-17-7-8-22(21(9-17)43(56)57)62-39-38(53)37(52)34(49)25(13-44)63-39)10-26(60-15)61-24-12-41(55,16(2)45)11-19-28(24)36(51)30-29(33(19)48)32(47)18-5-4-6-23(58-3)27(18)35(30)50/h4-9,15,20,24-26,31,34,37-39,44,46,48-49,51-53,55H,10-14H2,1-3H3,(H,42,54). The predicted molar refractivity (Wildman–Crippen MR) is 207 cm³/mol. The highest BCUT2D eigenvalue weighted by atomic mass is 16.7. The summed E-state index contributed by atoms with van der Waals surface area (Å²) in [4.78, 5) is 64.7. The molecule has 22 heteroatoms. The van der Waals surface area contributed by atoms with E-state index in [1.54, 1.807) is 0 Å². The molecule has 2 heterocycles. The normalized spacial score (nSPS) is 30.0. The Hall–Kier alpha value is -5.82. The van der Waals surface area contributed by atoms with E-state index in [0.29, 0.717) is 0 Å². The van der Waals surface area contributed by atoms with Crippen molar-refractivity contribution in [3.05, 3.63) is 85.5 Å². The Balaban J connectivity index is 1.08. The number of fused-ring (bicyclic) bond motifs is 3. The number of aromatic hydroxyl groups is 2. The van der Waals surface area contributed by atoms with Gasteiger partial charge in [-0.25, -0.2) is 4.79 Å². The number of alkyl carbamates (subject to hydrolysis) is 1. The number of carbonyl (C=O) groups excluding carboxylic acids is 4. The molecule has 0 radical (unpaired) electrons. The fourth-order valence-electron chi connectivity index (χ4n) is 8.29. The maximum absolute atomic E-state index is 14.0. The van der Waals surface area contributed by atoms with Crippen LogP contribution >= 0.6 is 0 Å². The van der Waals surface area contributed by atoms with E-state index in [-0.39, 0.29) is 40.0 Å². The van der Waals surface area contributed by atoms with Crippen molar-refractivity contribution in [1.82, 2.24) is 5.32 Å². The van der Waals surface area contributed by atoms with E-state index >= 15 is 0 Å². The van der Waals surface area contributed by atoms with Gasteiger partial charge in [0.2, 0.25) is 12.1 Å². The van der Waals surface area contributed by atoms with Gasteiger partial charge in [-0.2, -0.15) is 0 Å². The number of ketones is 3. The van der Waals surface area contributed by atoms with Gasteiger partial charge in [0.05, 0.1) is 53.6 Å². The first-order valence-corrected chi connectivity index (χ1v) is 19.6. The zero-order valence-corrected chi connectivity index (χ0v) is 33.7. The molecule has 2 aliphatic carbocycles. The Bertz CT molecular complexity index is 2350.